The van der Waals surface area contributed by atoms with Crippen LogP contribution in [-0.4, -0.2) is 21.7 Å². The molecule has 1 atom stereocenters. The van der Waals surface area contributed by atoms with Crippen LogP contribution in [0.5, 0.6) is 0 Å². The molecule has 5 nitrogen and oxygen atoms in total. The van der Waals surface area contributed by atoms with Gasteiger partial charge in [0.2, 0.25) is 5.70 Å². The zero-order valence-corrected chi connectivity index (χ0v) is 12.7. The monoisotopic (exact) mass is 277 g/mol. The first-order chi connectivity index (χ1) is 9.20. The maximum atomic E-state index is 10.6. The van der Waals surface area contributed by atoms with Crippen molar-refractivity contribution < 1.29 is 4.92 Å². The maximum Gasteiger partial charge on any atom is 0.245 e. The summed E-state index contributed by atoms with van der Waals surface area (Å²) in [5.41, 5.74) is 1.39. The van der Waals surface area contributed by atoms with Crippen molar-refractivity contribution in [3.63, 3.8) is 0 Å². The highest BCUT2D eigenvalue weighted by atomic mass is 16.6. The second kappa shape index (κ2) is 8.09. The van der Waals surface area contributed by atoms with Crippen LogP contribution in [0.15, 0.2) is 54.5 Å². The SMILES string of the molecule is C=C/C(C)=N/N(C(=C)/C=C\[C@H](C)C(=C)[N+](=O)[O-])C(C)C. The number of hydrogen-bond acceptors (Lipinski definition) is 4. The lowest BCUT2D eigenvalue weighted by Crippen LogP contribution is -2.24. The zero-order valence-electron chi connectivity index (χ0n) is 12.7. The predicted molar refractivity (Wildman–Crippen MR) is 83.9 cm³/mol. The van der Waals surface area contributed by atoms with Crippen molar-refractivity contribution in [2.24, 2.45) is 11.0 Å². The third-order valence-electron chi connectivity index (χ3n) is 2.68. The predicted octanol–water partition coefficient (Wildman–Crippen LogP) is 3.76. The Bertz CT molecular complexity index is 462. The van der Waals surface area contributed by atoms with Gasteiger partial charge in [0.15, 0.2) is 0 Å². The van der Waals surface area contributed by atoms with Crippen LogP contribution in [0.3, 0.4) is 0 Å². The van der Waals surface area contributed by atoms with Crippen LogP contribution in [0, 0.1) is 16.0 Å². The van der Waals surface area contributed by atoms with E-state index in [-0.39, 0.29) is 17.7 Å². The summed E-state index contributed by atoms with van der Waals surface area (Å²) < 4.78 is 0. The summed E-state index contributed by atoms with van der Waals surface area (Å²) >= 11 is 0. The topological polar surface area (TPSA) is 58.7 Å². The van der Waals surface area contributed by atoms with Crippen LogP contribution in [0.2, 0.25) is 0 Å². The average Bonchev–Trinajstić information content (AvgIpc) is 2.39. The summed E-state index contributed by atoms with van der Waals surface area (Å²) in [5, 5.41) is 16.7. The van der Waals surface area contributed by atoms with Gasteiger partial charge in [-0.3, -0.25) is 15.1 Å². The molecule has 110 valence electrons. The second-order valence-electron chi connectivity index (χ2n) is 4.77. The quantitative estimate of drug-likeness (QED) is 0.294. The Kier molecular flexibility index (Phi) is 7.21. The molecule has 0 aliphatic heterocycles. The minimum absolute atomic E-state index is 0.0454. The number of nitrogens with zero attached hydrogens (tertiary/aromatic N) is 3. The fourth-order valence-corrected chi connectivity index (χ4v) is 1.33. The van der Waals surface area contributed by atoms with Crippen LogP contribution in [0.25, 0.3) is 0 Å². The first-order valence-corrected chi connectivity index (χ1v) is 6.37. The molecule has 0 aliphatic rings. The van der Waals surface area contributed by atoms with E-state index in [0.29, 0.717) is 5.70 Å². The van der Waals surface area contributed by atoms with E-state index >= 15 is 0 Å². The van der Waals surface area contributed by atoms with E-state index in [1.54, 1.807) is 30.2 Å². The Morgan fingerprint density at radius 2 is 1.90 bits per heavy atom. The lowest BCUT2D eigenvalue weighted by molar-refractivity contribution is -0.430. The van der Waals surface area contributed by atoms with Crippen molar-refractivity contribution in [1.82, 2.24) is 5.01 Å². The van der Waals surface area contributed by atoms with Crippen LogP contribution in [-0.2, 0) is 0 Å². The third kappa shape index (κ3) is 5.65. The van der Waals surface area contributed by atoms with E-state index in [1.165, 1.54) is 0 Å². The first-order valence-electron chi connectivity index (χ1n) is 6.37. The highest BCUT2D eigenvalue weighted by Gasteiger charge is 2.15. The minimum Gasteiger partial charge on any atom is -0.263 e. The minimum atomic E-state index is -0.474. The summed E-state index contributed by atoms with van der Waals surface area (Å²) in [6.07, 6.45) is 5.07. The van der Waals surface area contributed by atoms with Gasteiger partial charge in [-0.2, -0.15) is 5.10 Å². The molecule has 0 heterocycles. The van der Waals surface area contributed by atoms with E-state index in [4.69, 9.17) is 0 Å². The standard InChI is InChI=1S/C15H23N3O2/c1-8-13(5)16-17(11(2)3)14(6)10-9-12(4)15(7)18(19)20/h8-12H,1,6-7H2,2-5H3/b10-9-,16-13+/t12-/m0/s1. The number of allylic oxidation sites excluding steroid dienone is 3. The normalized spacial score (nSPS) is 13.3. The van der Waals surface area contributed by atoms with Crippen molar-refractivity contribution in [2.45, 2.75) is 33.7 Å². The van der Waals surface area contributed by atoms with Gasteiger partial charge >= 0.3 is 0 Å². The Morgan fingerprint density at radius 1 is 1.35 bits per heavy atom. The van der Waals surface area contributed by atoms with Crippen molar-refractivity contribution in [2.75, 3.05) is 0 Å². The maximum absolute atomic E-state index is 10.6. The molecule has 0 N–H and O–H groups in total. The summed E-state index contributed by atoms with van der Waals surface area (Å²) in [6, 6.07) is 0.121. The molecule has 0 radical (unpaired) electrons. The highest BCUT2D eigenvalue weighted by molar-refractivity contribution is 5.92. The first kappa shape index (κ1) is 17.8. The molecule has 0 bridgehead atoms. The molecule has 0 aliphatic carbocycles. The summed E-state index contributed by atoms with van der Waals surface area (Å²) in [7, 11) is 0. The average molecular weight is 277 g/mol. The van der Waals surface area contributed by atoms with Gasteiger partial charge in [0.1, 0.15) is 0 Å². The highest BCUT2D eigenvalue weighted by Crippen LogP contribution is 2.15. The number of hydrazone groups is 1. The van der Waals surface area contributed by atoms with Crippen LogP contribution >= 0.6 is 0 Å². The molecular formula is C15H23N3O2. The molecule has 0 aromatic rings. The van der Waals surface area contributed by atoms with Crippen molar-refractivity contribution in [3.8, 4) is 0 Å². The molecule has 0 spiro atoms. The summed E-state index contributed by atoms with van der Waals surface area (Å²) in [6.45, 7) is 18.6. The van der Waals surface area contributed by atoms with E-state index in [9.17, 15) is 10.1 Å². The number of rotatable bonds is 8. The fraction of sp³-hybridized carbons (Fsp3) is 0.400. The Balaban J connectivity index is 4.99. The molecule has 0 rings (SSSR count). The Morgan fingerprint density at radius 3 is 2.30 bits per heavy atom. The fourth-order valence-electron chi connectivity index (χ4n) is 1.33. The molecule has 0 unspecified atom stereocenters. The van der Waals surface area contributed by atoms with Crippen LogP contribution in [0.4, 0.5) is 0 Å². The molecule has 0 aromatic heterocycles. The molecule has 0 saturated carbocycles. The van der Waals surface area contributed by atoms with Gasteiger partial charge in [0, 0.05) is 6.04 Å². The van der Waals surface area contributed by atoms with E-state index in [2.05, 4.69) is 24.8 Å². The summed E-state index contributed by atoms with van der Waals surface area (Å²) in [4.78, 5) is 10.1. The lowest BCUT2D eigenvalue weighted by atomic mass is 10.1. The Labute approximate surface area is 120 Å². The third-order valence-corrected chi connectivity index (χ3v) is 2.68. The number of nitro groups is 1. The largest absolute Gasteiger partial charge is 0.263 e. The lowest BCUT2D eigenvalue weighted by Gasteiger charge is -2.24. The van der Waals surface area contributed by atoms with E-state index < -0.39 is 4.92 Å². The molecule has 0 amide bonds. The van der Waals surface area contributed by atoms with Gasteiger partial charge in [0.05, 0.1) is 22.2 Å². The van der Waals surface area contributed by atoms with Gasteiger partial charge in [-0.15, -0.1) is 0 Å². The van der Waals surface area contributed by atoms with Gasteiger partial charge < -0.3 is 0 Å². The van der Waals surface area contributed by atoms with Crippen molar-refractivity contribution in [1.29, 1.82) is 0 Å². The molecule has 0 saturated heterocycles. The van der Waals surface area contributed by atoms with Gasteiger partial charge in [0.25, 0.3) is 0 Å². The number of hydrogen-bond donors (Lipinski definition) is 0. The molecule has 20 heavy (non-hydrogen) atoms. The van der Waals surface area contributed by atoms with E-state index in [0.717, 1.165) is 5.71 Å². The smallest absolute Gasteiger partial charge is 0.245 e. The van der Waals surface area contributed by atoms with Gasteiger partial charge in [-0.25, -0.2) is 0 Å². The van der Waals surface area contributed by atoms with Gasteiger partial charge in [-0.1, -0.05) is 19.2 Å². The second-order valence-corrected chi connectivity index (χ2v) is 4.77. The van der Waals surface area contributed by atoms with E-state index in [1.807, 2.05) is 20.8 Å². The van der Waals surface area contributed by atoms with Gasteiger partial charge in [-0.05, 0) is 46.4 Å². The molecule has 0 aromatic carbocycles. The van der Waals surface area contributed by atoms with Crippen LogP contribution in [0.1, 0.15) is 27.7 Å². The molecule has 0 fully saturated rings. The Hall–Kier alpha value is -2.17. The zero-order chi connectivity index (χ0) is 15.9. The van der Waals surface area contributed by atoms with Crippen molar-refractivity contribution >= 4 is 5.71 Å². The van der Waals surface area contributed by atoms with Crippen molar-refractivity contribution in [3.05, 3.63) is 59.5 Å². The summed E-state index contributed by atoms with van der Waals surface area (Å²) in [5.74, 6) is -0.361. The molecular weight excluding hydrogens is 254 g/mol. The van der Waals surface area contributed by atoms with Crippen LogP contribution < -0.4 is 0 Å². The molecule has 5 heteroatoms.